The number of phenolic OH excluding ortho intramolecular Hbond substituents is 2. The second-order valence-electron chi connectivity index (χ2n) is 9.30. The summed E-state index contributed by atoms with van der Waals surface area (Å²) in [6.45, 7) is 5.09. The van der Waals surface area contributed by atoms with Gasteiger partial charge in [-0.2, -0.15) is 0 Å². The molecule has 0 saturated carbocycles. The van der Waals surface area contributed by atoms with E-state index in [0.29, 0.717) is 31.0 Å². The fraction of sp³-hybridized carbons (Fsp3) is 0.385. The number of aliphatic hydroxyl groups excluding tert-OH is 1. The molecule has 38 heavy (non-hydrogen) atoms. The minimum absolute atomic E-state index is 0.0167. The van der Waals surface area contributed by atoms with Crippen molar-refractivity contribution in [3.63, 3.8) is 0 Å². The summed E-state index contributed by atoms with van der Waals surface area (Å²) in [5.41, 5.74) is 0.146. The zero-order valence-corrected chi connectivity index (χ0v) is 21.0. The average Bonchev–Trinajstić information content (AvgIpc) is 2.86. The molecule has 4 rings (SSSR count). The number of aromatic hydroxyl groups is 2. The number of fused-ring (bicyclic) bond motifs is 2. The molecule has 2 aliphatic rings. The predicted octanol–water partition coefficient (Wildman–Crippen LogP) is 0.441. The van der Waals surface area contributed by atoms with Crippen LogP contribution in [0.1, 0.15) is 45.7 Å². The summed E-state index contributed by atoms with van der Waals surface area (Å²) in [6.07, 6.45) is -0.965. The van der Waals surface area contributed by atoms with Gasteiger partial charge in [-0.3, -0.25) is 14.4 Å². The lowest BCUT2D eigenvalue weighted by atomic mass is 9.81. The number of ketones is 2. The number of rotatable bonds is 10. The Bertz CT molecular complexity index is 1290. The van der Waals surface area contributed by atoms with Gasteiger partial charge in [0.25, 0.3) is 0 Å². The summed E-state index contributed by atoms with van der Waals surface area (Å²) < 4.78 is 4.92. The molecule has 2 atom stereocenters. The van der Waals surface area contributed by atoms with E-state index in [9.17, 15) is 34.5 Å². The number of esters is 1. The van der Waals surface area contributed by atoms with E-state index in [1.54, 1.807) is 26.0 Å². The first-order valence-corrected chi connectivity index (χ1v) is 12.3. The van der Waals surface area contributed by atoms with Crippen LogP contribution in [-0.2, 0) is 14.3 Å². The van der Waals surface area contributed by atoms with Crippen LogP contribution in [0, 0.1) is 0 Å². The predicted molar refractivity (Wildman–Crippen MR) is 137 cm³/mol. The number of hydrogen-bond acceptors (Lipinski definition) is 11. The topological polar surface area (TPSA) is 178 Å². The molecule has 2 unspecified atom stereocenters. The SMILES string of the molecule is CC(O)CNCCNc1ccc(NCCN2CC(C)OC(=O)C2=O)c2c1C(=O)c1c(O)ccc(O)c1C2=O. The number of amides is 1. The Balaban J connectivity index is 1.62. The molecule has 0 bridgehead atoms. The van der Waals surface area contributed by atoms with Crippen LogP contribution < -0.4 is 16.0 Å². The van der Waals surface area contributed by atoms with Crippen LogP contribution in [0.3, 0.4) is 0 Å². The van der Waals surface area contributed by atoms with Crippen LogP contribution in [0.25, 0.3) is 0 Å². The van der Waals surface area contributed by atoms with Crippen molar-refractivity contribution in [3.05, 3.63) is 46.5 Å². The van der Waals surface area contributed by atoms with Gasteiger partial charge in [-0.05, 0) is 38.1 Å². The summed E-state index contributed by atoms with van der Waals surface area (Å²) in [5.74, 6) is -3.81. The number of carbonyl (C=O) groups is 4. The maximum Gasteiger partial charge on any atom is 0.397 e. The molecule has 12 heteroatoms. The number of cyclic esters (lactones) is 1. The van der Waals surface area contributed by atoms with Crippen LogP contribution >= 0.6 is 0 Å². The number of morpholine rings is 1. The van der Waals surface area contributed by atoms with Crippen molar-refractivity contribution in [1.29, 1.82) is 0 Å². The number of nitrogens with zero attached hydrogens (tertiary/aromatic N) is 1. The molecule has 1 fully saturated rings. The second kappa shape index (κ2) is 11.1. The Labute approximate surface area is 218 Å². The molecular weight excluding hydrogens is 496 g/mol. The summed E-state index contributed by atoms with van der Waals surface area (Å²) >= 11 is 0. The molecule has 6 N–H and O–H groups in total. The lowest BCUT2D eigenvalue weighted by Crippen LogP contribution is -2.50. The standard InChI is InChI=1S/C26H30N4O8/c1-13(31)11-27-7-8-28-15-3-4-16(29-9-10-30-12-14(2)38-26(37)25(30)36)20-19(15)23(34)21-17(32)5-6-18(33)22(21)24(20)35/h3-6,13-14,27-29,31-33H,7-12H2,1-2H3. The van der Waals surface area contributed by atoms with E-state index in [-0.39, 0.29) is 41.9 Å². The first-order valence-electron chi connectivity index (χ1n) is 12.3. The quantitative estimate of drug-likeness (QED) is 0.0935. The van der Waals surface area contributed by atoms with Crippen molar-refractivity contribution in [2.24, 2.45) is 0 Å². The van der Waals surface area contributed by atoms with Gasteiger partial charge in [0.15, 0.2) is 0 Å². The van der Waals surface area contributed by atoms with Gasteiger partial charge < -0.3 is 40.9 Å². The van der Waals surface area contributed by atoms with Crippen molar-refractivity contribution in [1.82, 2.24) is 10.2 Å². The third-order valence-corrected chi connectivity index (χ3v) is 6.28. The van der Waals surface area contributed by atoms with Crippen molar-refractivity contribution >= 4 is 34.8 Å². The van der Waals surface area contributed by atoms with Gasteiger partial charge in [-0.15, -0.1) is 0 Å². The lowest BCUT2D eigenvalue weighted by molar-refractivity contribution is -0.171. The van der Waals surface area contributed by atoms with E-state index in [0.717, 1.165) is 12.1 Å². The largest absolute Gasteiger partial charge is 0.507 e. The van der Waals surface area contributed by atoms with E-state index in [1.165, 1.54) is 4.90 Å². The number of anilines is 2. The summed E-state index contributed by atoms with van der Waals surface area (Å²) in [5, 5.41) is 39.4. The Kier molecular flexibility index (Phi) is 7.83. The van der Waals surface area contributed by atoms with Crippen LogP contribution in [0.4, 0.5) is 11.4 Å². The van der Waals surface area contributed by atoms with E-state index in [1.807, 2.05) is 0 Å². The van der Waals surface area contributed by atoms with Gasteiger partial charge in [0.1, 0.15) is 17.6 Å². The van der Waals surface area contributed by atoms with E-state index < -0.39 is 47.1 Å². The zero-order chi connectivity index (χ0) is 27.6. The molecule has 1 aliphatic heterocycles. The first kappa shape index (κ1) is 26.9. The highest BCUT2D eigenvalue weighted by Gasteiger charge is 2.38. The van der Waals surface area contributed by atoms with Crippen LogP contribution in [-0.4, -0.2) is 95.1 Å². The van der Waals surface area contributed by atoms with Gasteiger partial charge in [0.2, 0.25) is 11.6 Å². The summed E-state index contributed by atoms with van der Waals surface area (Å²) in [4.78, 5) is 52.3. The smallest absolute Gasteiger partial charge is 0.397 e. The zero-order valence-electron chi connectivity index (χ0n) is 21.0. The van der Waals surface area contributed by atoms with E-state index in [4.69, 9.17) is 4.74 Å². The average molecular weight is 527 g/mol. The first-order chi connectivity index (χ1) is 18.1. The summed E-state index contributed by atoms with van der Waals surface area (Å²) in [7, 11) is 0. The monoisotopic (exact) mass is 526 g/mol. The van der Waals surface area contributed by atoms with Gasteiger partial charge in [-0.1, -0.05) is 0 Å². The maximum absolute atomic E-state index is 13.6. The van der Waals surface area contributed by atoms with E-state index >= 15 is 0 Å². The normalized spacial score (nSPS) is 17.6. The summed E-state index contributed by atoms with van der Waals surface area (Å²) in [6, 6.07) is 5.53. The number of benzene rings is 2. The molecule has 2 aromatic rings. The highest BCUT2D eigenvalue weighted by atomic mass is 16.6. The molecule has 12 nitrogen and oxygen atoms in total. The van der Waals surface area contributed by atoms with Gasteiger partial charge in [-0.25, -0.2) is 4.79 Å². The van der Waals surface area contributed by atoms with Gasteiger partial charge >= 0.3 is 11.9 Å². The lowest BCUT2D eigenvalue weighted by Gasteiger charge is -2.30. The minimum atomic E-state index is -0.924. The molecule has 1 heterocycles. The Morgan fingerprint density at radius 1 is 0.895 bits per heavy atom. The highest BCUT2D eigenvalue weighted by Crippen LogP contribution is 2.42. The van der Waals surface area contributed by atoms with Crippen LogP contribution in [0.5, 0.6) is 11.5 Å². The minimum Gasteiger partial charge on any atom is -0.507 e. The number of ether oxygens (including phenoxy) is 1. The van der Waals surface area contributed by atoms with Crippen LogP contribution in [0.2, 0.25) is 0 Å². The molecule has 2 aromatic carbocycles. The molecule has 1 saturated heterocycles. The molecule has 0 spiro atoms. The number of nitrogens with one attached hydrogen (secondary N) is 3. The number of aliphatic hydroxyl groups is 1. The molecule has 202 valence electrons. The fourth-order valence-electron chi connectivity index (χ4n) is 4.57. The maximum atomic E-state index is 13.6. The van der Waals surface area contributed by atoms with E-state index in [2.05, 4.69) is 16.0 Å². The molecular formula is C26H30N4O8. The third-order valence-electron chi connectivity index (χ3n) is 6.28. The second-order valence-corrected chi connectivity index (χ2v) is 9.30. The van der Waals surface area contributed by atoms with Crippen LogP contribution in [0.15, 0.2) is 24.3 Å². The highest BCUT2D eigenvalue weighted by molar-refractivity contribution is 6.34. The molecule has 1 amide bonds. The van der Waals surface area contributed by atoms with Gasteiger partial charge in [0.05, 0.1) is 34.9 Å². The van der Waals surface area contributed by atoms with Crippen molar-refractivity contribution in [2.75, 3.05) is 49.9 Å². The fourth-order valence-corrected chi connectivity index (χ4v) is 4.57. The van der Waals surface area contributed by atoms with Gasteiger partial charge in [0, 0.05) is 44.1 Å². The van der Waals surface area contributed by atoms with Crippen molar-refractivity contribution in [3.8, 4) is 11.5 Å². The Morgan fingerprint density at radius 3 is 2.00 bits per heavy atom. The third kappa shape index (κ3) is 5.27. The van der Waals surface area contributed by atoms with Crippen molar-refractivity contribution < 1.29 is 39.2 Å². The Morgan fingerprint density at radius 2 is 1.45 bits per heavy atom. The number of hydrogen-bond donors (Lipinski definition) is 6. The molecule has 1 aliphatic carbocycles. The molecule has 0 radical (unpaired) electrons. The molecule has 0 aromatic heterocycles. The number of phenols is 2. The number of carbonyl (C=O) groups excluding carboxylic acids is 4. The van der Waals surface area contributed by atoms with Crippen molar-refractivity contribution in [2.45, 2.75) is 26.1 Å². The Hall–Kier alpha value is -4.16.